The summed E-state index contributed by atoms with van der Waals surface area (Å²) in [6, 6.07) is 5.45. The van der Waals surface area contributed by atoms with Crippen molar-refractivity contribution >= 4 is 17.3 Å². The third-order valence-electron chi connectivity index (χ3n) is 3.17. The number of aliphatic carboxylic acids is 1. The summed E-state index contributed by atoms with van der Waals surface area (Å²) in [6.07, 6.45) is -0.0891. The molecule has 0 aliphatic carbocycles. The van der Waals surface area contributed by atoms with Crippen molar-refractivity contribution in [2.45, 2.75) is 13.0 Å². The number of aromatic nitrogens is 1. The largest absolute Gasteiger partial charge is 0.486 e. The molecule has 2 aromatic rings. The minimum Gasteiger partial charge on any atom is -0.486 e. The molecular weight excluding hydrogens is 294 g/mol. The number of hydrogen-bond acceptors (Lipinski definition) is 5. The molecule has 0 spiro atoms. The van der Waals surface area contributed by atoms with Crippen molar-refractivity contribution in [3.8, 4) is 22.8 Å². The SMILES string of the molecule is O=C(O)CCn1c(-c2ccc3c(c2)OCCO3)csc1=O. The molecule has 1 N–H and O–H groups in total. The molecule has 0 fully saturated rings. The quantitative estimate of drug-likeness (QED) is 0.932. The van der Waals surface area contributed by atoms with Gasteiger partial charge in [0.1, 0.15) is 13.2 Å². The number of fused-ring (bicyclic) bond motifs is 1. The second-order valence-corrected chi connectivity index (χ2v) is 5.36. The summed E-state index contributed by atoms with van der Waals surface area (Å²) < 4.78 is 12.5. The zero-order valence-electron chi connectivity index (χ0n) is 11.1. The van der Waals surface area contributed by atoms with Gasteiger partial charge in [-0.3, -0.25) is 14.2 Å². The van der Waals surface area contributed by atoms with Gasteiger partial charge in [-0.2, -0.15) is 0 Å². The summed E-state index contributed by atoms with van der Waals surface area (Å²) in [6.45, 7) is 1.17. The monoisotopic (exact) mass is 307 g/mol. The molecule has 0 bridgehead atoms. The van der Waals surface area contributed by atoms with Gasteiger partial charge in [-0.15, -0.1) is 0 Å². The van der Waals surface area contributed by atoms with Gasteiger partial charge in [0.05, 0.1) is 12.1 Å². The molecule has 21 heavy (non-hydrogen) atoms. The maximum Gasteiger partial charge on any atom is 0.307 e. The molecule has 7 heteroatoms. The number of carbonyl (C=O) groups is 1. The van der Waals surface area contributed by atoms with E-state index in [0.29, 0.717) is 30.4 Å². The molecule has 0 unspecified atom stereocenters. The average Bonchev–Trinajstić information content (AvgIpc) is 2.85. The molecule has 1 aliphatic heterocycles. The fourth-order valence-corrected chi connectivity index (χ4v) is 2.97. The van der Waals surface area contributed by atoms with Gasteiger partial charge in [-0.05, 0) is 18.2 Å². The second kappa shape index (κ2) is 5.61. The molecule has 0 radical (unpaired) electrons. The Morgan fingerprint density at radius 1 is 1.29 bits per heavy atom. The van der Waals surface area contributed by atoms with Crippen LogP contribution in [-0.2, 0) is 11.3 Å². The Hall–Kier alpha value is -2.28. The first kappa shape index (κ1) is 13.7. The van der Waals surface area contributed by atoms with Crippen LogP contribution >= 0.6 is 11.3 Å². The van der Waals surface area contributed by atoms with Crippen molar-refractivity contribution in [3.63, 3.8) is 0 Å². The standard InChI is InChI=1S/C14H13NO5S/c16-13(17)3-4-15-10(8-21-14(15)18)9-1-2-11-12(7-9)20-6-5-19-11/h1-2,7-8H,3-6H2,(H,16,17). The van der Waals surface area contributed by atoms with E-state index in [0.717, 1.165) is 16.9 Å². The molecule has 6 nitrogen and oxygen atoms in total. The van der Waals surface area contributed by atoms with E-state index in [1.165, 1.54) is 4.57 Å². The van der Waals surface area contributed by atoms with E-state index in [1.807, 2.05) is 12.1 Å². The normalized spacial score (nSPS) is 13.1. The van der Waals surface area contributed by atoms with Gasteiger partial charge in [0, 0.05) is 17.5 Å². The molecule has 0 saturated carbocycles. The Morgan fingerprint density at radius 3 is 2.81 bits per heavy atom. The topological polar surface area (TPSA) is 77.8 Å². The summed E-state index contributed by atoms with van der Waals surface area (Å²) in [4.78, 5) is 22.4. The summed E-state index contributed by atoms with van der Waals surface area (Å²) >= 11 is 1.06. The highest BCUT2D eigenvalue weighted by molar-refractivity contribution is 7.07. The Balaban J connectivity index is 1.97. The van der Waals surface area contributed by atoms with Crippen molar-refractivity contribution in [1.29, 1.82) is 0 Å². The van der Waals surface area contributed by atoms with Gasteiger partial charge in [-0.1, -0.05) is 11.3 Å². The van der Waals surface area contributed by atoms with E-state index in [-0.39, 0.29) is 17.8 Å². The van der Waals surface area contributed by atoms with Crippen LogP contribution in [0.2, 0.25) is 0 Å². The maximum absolute atomic E-state index is 11.8. The first-order valence-electron chi connectivity index (χ1n) is 6.45. The van der Waals surface area contributed by atoms with Gasteiger partial charge in [0.15, 0.2) is 11.5 Å². The van der Waals surface area contributed by atoms with Crippen LogP contribution < -0.4 is 14.3 Å². The Kier molecular flexibility index (Phi) is 3.66. The Labute approximate surface area is 124 Å². The number of rotatable bonds is 4. The van der Waals surface area contributed by atoms with Crippen molar-refractivity contribution in [2.75, 3.05) is 13.2 Å². The molecule has 2 heterocycles. The van der Waals surface area contributed by atoms with E-state index < -0.39 is 5.97 Å². The lowest BCUT2D eigenvalue weighted by molar-refractivity contribution is -0.137. The van der Waals surface area contributed by atoms with Crippen LogP contribution in [0.25, 0.3) is 11.3 Å². The van der Waals surface area contributed by atoms with E-state index in [1.54, 1.807) is 11.4 Å². The van der Waals surface area contributed by atoms with Crippen LogP contribution in [0, 0.1) is 0 Å². The first-order valence-corrected chi connectivity index (χ1v) is 7.33. The van der Waals surface area contributed by atoms with E-state index in [2.05, 4.69) is 0 Å². The van der Waals surface area contributed by atoms with Gasteiger partial charge < -0.3 is 14.6 Å². The van der Waals surface area contributed by atoms with Crippen LogP contribution in [0.15, 0.2) is 28.4 Å². The zero-order chi connectivity index (χ0) is 14.8. The summed E-state index contributed by atoms with van der Waals surface area (Å²) in [5, 5.41) is 10.5. The molecule has 3 rings (SSSR count). The van der Waals surface area contributed by atoms with Crippen LogP contribution in [0.1, 0.15) is 6.42 Å². The number of thiazole rings is 1. The lowest BCUT2D eigenvalue weighted by Crippen LogP contribution is -2.17. The molecule has 0 saturated heterocycles. The molecule has 1 aromatic heterocycles. The number of carboxylic acid groups (broad SMARTS) is 1. The Bertz CT molecular complexity index is 733. The van der Waals surface area contributed by atoms with Crippen molar-refractivity contribution in [1.82, 2.24) is 4.57 Å². The predicted molar refractivity (Wildman–Crippen MR) is 77.3 cm³/mol. The summed E-state index contributed by atoms with van der Waals surface area (Å²) in [5.41, 5.74) is 1.51. The third-order valence-corrected chi connectivity index (χ3v) is 3.93. The van der Waals surface area contributed by atoms with Crippen molar-refractivity contribution in [3.05, 3.63) is 33.2 Å². The number of benzene rings is 1. The lowest BCUT2D eigenvalue weighted by Gasteiger charge is -2.19. The number of ether oxygens (including phenoxy) is 2. The summed E-state index contributed by atoms with van der Waals surface area (Å²) in [7, 11) is 0. The van der Waals surface area contributed by atoms with Crippen LogP contribution in [-0.4, -0.2) is 28.9 Å². The molecule has 1 aliphatic rings. The fraction of sp³-hybridized carbons (Fsp3) is 0.286. The third kappa shape index (κ3) is 2.78. The maximum atomic E-state index is 11.8. The molecule has 1 aromatic carbocycles. The first-order chi connectivity index (χ1) is 10.1. The minimum absolute atomic E-state index is 0.0891. The number of nitrogens with zero attached hydrogens (tertiary/aromatic N) is 1. The van der Waals surface area contributed by atoms with Gasteiger partial charge in [0.2, 0.25) is 0 Å². The number of hydrogen-bond donors (Lipinski definition) is 1. The number of carboxylic acids is 1. The molecule has 0 amide bonds. The molecular formula is C14H13NO5S. The highest BCUT2D eigenvalue weighted by Gasteiger charge is 2.15. The smallest absolute Gasteiger partial charge is 0.307 e. The van der Waals surface area contributed by atoms with Crippen LogP contribution in [0.3, 0.4) is 0 Å². The van der Waals surface area contributed by atoms with Crippen molar-refractivity contribution in [2.24, 2.45) is 0 Å². The van der Waals surface area contributed by atoms with E-state index in [9.17, 15) is 9.59 Å². The zero-order valence-corrected chi connectivity index (χ0v) is 11.9. The highest BCUT2D eigenvalue weighted by atomic mass is 32.1. The summed E-state index contributed by atoms with van der Waals surface area (Å²) in [5.74, 6) is 0.392. The minimum atomic E-state index is -0.929. The van der Waals surface area contributed by atoms with Gasteiger partial charge in [-0.25, -0.2) is 0 Å². The highest BCUT2D eigenvalue weighted by Crippen LogP contribution is 2.34. The molecule has 0 atom stereocenters. The average molecular weight is 307 g/mol. The predicted octanol–water partition coefficient (Wildman–Crippen LogP) is 1.82. The van der Waals surface area contributed by atoms with E-state index in [4.69, 9.17) is 14.6 Å². The fourth-order valence-electron chi connectivity index (χ4n) is 2.18. The van der Waals surface area contributed by atoms with E-state index >= 15 is 0 Å². The van der Waals surface area contributed by atoms with Crippen LogP contribution in [0.5, 0.6) is 11.5 Å². The van der Waals surface area contributed by atoms with Gasteiger partial charge in [0.25, 0.3) is 0 Å². The van der Waals surface area contributed by atoms with Gasteiger partial charge >= 0.3 is 10.8 Å². The Morgan fingerprint density at radius 2 is 2.05 bits per heavy atom. The lowest BCUT2D eigenvalue weighted by atomic mass is 10.1. The van der Waals surface area contributed by atoms with Crippen molar-refractivity contribution < 1.29 is 19.4 Å². The second-order valence-electron chi connectivity index (χ2n) is 4.54. The van der Waals surface area contributed by atoms with Crippen LogP contribution in [0.4, 0.5) is 0 Å². The molecule has 110 valence electrons.